The van der Waals surface area contributed by atoms with E-state index in [0.717, 1.165) is 83.5 Å². The quantitative estimate of drug-likeness (QED) is 0.0275. The Morgan fingerprint density at radius 3 is 1.50 bits per heavy atom. The number of ether oxygens (including phenoxy) is 3. The highest BCUT2D eigenvalue weighted by molar-refractivity contribution is 5.70. The van der Waals surface area contributed by atoms with E-state index in [9.17, 15) is 19.5 Å². The van der Waals surface area contributed by atoms with E-state index in [-0.39, 0.29) is 49.1 Å². The fraction of sp³-hybridized carbons (Fsp3) is 0.630. The number of carbonyl (C=O) groups excluding carboxylic acids is 3. The zero-order chi connectivity index (χ0) is 40.0. The third-order valence-corrected chi connectivity index (χ3v) is 8.53. The van der Waals surface area contributed by atoms with Gasteiger partial charge in [0, 0.05) is 19.3 Å². The monoisotopic (exact) mass is 754 g/mol. The molecule has 306 valence electrons. The Balaban J connectivity index is 4.42. The molecule has 54 heavy (non-hydrogen) atoms. The lowest BCUT2D eigenvalue weighted by Crippen LogP contribution is -2.55. The van der Waals surface area contributed by atoms with Gasteiger partial charge in [-0.25, -0.2) is 0 Å². The molecule has 0 radical (unpaired) electrons. The summed E-state index contributed by atoms with van der Waals surface area (Å²) in [7, 11) is 5.37. The number of hydrogen-bond donors (Lipinski definition) is 0. The van der Waals surface area contributed by atoms with Gasteiger partial charge in [-0.1, -0.05) is 125 Å². The maximum atomic E-state index is 12.6. The van der Waals surface area contributed by atoms with Gasteiger partial charge in [0.15, 0.2) is 6.10 Å². The van der Waals surface area contributed by atoms with Gasteiger partial charge in [0.2, 0.25) is 0 Å². The average molecular weight is 754 g/mol. The Labute approximate surface area is 329 Å². The van der Waals surface area contributed by atoms with Gasteiger partial charge in [0.05, 0.1) is 40.3 Å². The van der Waals surface area contributed by atoms with Crippen LogP contribution >= 0.6 is 0 Å². The maximum absolute atomic E-state index is 12.6. The van der Waals surface area contributed by atoms with Crippen LogP contribution in [0.5, 0.6) is 0 Å². The Hall–Kier alpha value is -3.49. The van der Waals surface area contributed by atoms with E-state index in [4.69, 9.17) is 14.2 Å². The predicted molar refractivity (Wildman–Crippen MR) is 222 cm³/mol. The van der Waals surface area contributed by atoms with Gasteiger partial charge >= 0.3 is 11.9 Å². The molecule has 0 aromatic carbocycles. The summed E-state index contributed by atoms with van der Waals surface area (Å²) < 4.78 is 17.0. The van der Waals surface area contributed by atoms with Crippen LogP contribution in [-0.2, 0) is 28.6 Å². The fourth-order valence-corrected chi connectivity index (χ4v) is 5.38. The minimum atomic E-state index is -1.14. The smallest absolute Gasteiger partial charge is 0.306 e. The summed E-state index contributed by atoms with van der Waals surface area (Å²) in [6.07, 6.45) is 46.2. The molecule has 0 aliphatic carbocycles. The van der Waals surface area contributed by atoms with Crippen molar-refractivity contribution in [2.75, 3.05) is 41.0 Å². The number of likely N-dealkylation sites (N-methyl/N-ethyl adjacent to an activating group) is 1. The highest BCUT2D eigenvalue weighted by Crippen LogP contribution is 2.12. The van der Waals surface area contributed by atoms with E-state index in [0.29, 0.717) is 12.8 Å². The van der Waals surface area contributed by atoms with Crippen molar-refractivity contribution < 1.29 is 38.2 Å². The van der Waals surface area contributed by atoms with E-state index in [1.54, 1.807) is 21.1 Å². The molecule has 8 heteroatoms. The lowest BCUT2D eigenvalue weighted by atomic mass is 10.1. The van der Waals surface area contributed by atoms with Gasteiger partial charge in [-0.3, -0.25) is 9.59 Å². The van der Waals surface area contributed by atoms with Gasteiger partial charge in [0.1, 0.15) is 12.6 Å². The van der Waals surface area contributed by atoms with Crippen molar-refractivity contribution in [3.05, 3.63) is 85.1 Å². The lowest BCUT2D eigenvalue weighted by molar-refractivity contribution is -0.889. The lowest BCUT2D eigenvalue weighted by Gasteiger charge is -2.34. The van der Waals surface area contributed by atoms with Gasteiger partial charge in [-0.15, -0.1) is 0 Å². The molecular weight excluding hydrogens is 679 g/mol. The minimum absolute atomic E-state index is 0.0104. The Bertz CT molecular complexity index is 1160. The number of unbranched alkanes of at least 4 members (excludes halogenated alkanes) is 7. The fourth-order valence-electron chi connectivity index (χ4n) is 5.38. The molecule has 0 aromatic heterocycles. The molecule has 0 aromatic rings. The third-order valence-electron chi connectivity index (χ3n) is 8.53. The normalized spacial score (nSPS) is 13.9. The highest BCUT2D eigenvalue weighted by atomic mass is 16.6. The van der Waals surface area contributed by atoms with Crippen LogP contribution in [0, 0.1) is 0 Å². The van der Waals surface area contributed by atoms with Gasteiger partial charge < -0.3 is 28.6 Å². The first-order valence-corrected chi connectivity index (χ1v) is 20.6. The number of hydrogen-bond acceptors (Lipinski definition) is 7. The SMILES string of the molecule is CC/C=C/C/C=C/C/C=C/C/C=C/CCCCCCCCC(=O)OCC(COCCC(C(=O)[O-])[N+](C)(C)C)OC(=O)CCC/C=C/C/C=C/C/C=C/CC. The molecule has 0 amide bonds. The summed E-state index contributed by atoms with van der Waals surface area (Å²) in [6, 6.07) is -0.740. The summed E-state index contributed by atoms with van der Waals surface area (Å²) in [5.41, 5.74) is 0. The van der Waals surface area contributed by atoms with E-state index in [1.165, 1.54) is 12.8 Å². The Morgan fingerprint density at radius 1 is 0.556 bits per heavy atom. The van der Waals surface area contributed by atoms with Crippen LogP contribution in [0.3, 0.4) is 0 Å². The van der Waals surface area contributed by atoms with Crippen LogP contribution in [0.25, 0.3) is 0 Å². The highest BCUT2D eigenvalue weighted by Gasteiger charge is 2.25. The molecule has 0 spiro atoms. The number of carboxylic acids is 1. The van der Waals surface area contributed by atoms with Crippen molar-refractivity contribution in [3.8, 4) is 0 Å². The zero-order valence-corrected chi connectivity index (χ0v) is 34.6. The summed E-state index contributed by atoms with van der Waals surface area (Å²) in [5, 5.41) is 11.6. The standard InChI is InChI=1S/C46H75NO7/c1-6-8-10-12-14-16-18-19-20-21-22-23-24-25-27-28-30-32-34-36-44(48)53-41-42(40-52-39-38-43(46(50)51)47(3,4)5)54-45(49)37-35-33-31-29-26-17-15-13-11-9-7-2/h8-11,14-17,19-20,22-23,29,31,42-43H,6-7,12-13,18,21,24-28,30,32-41H2,1-5H3/b10-8+,11-9+,16-14+,17-15+,20-19+,23-22+,31-29+. The van der Waals surface area contributed by atoms with Crippen LogP contribution in [-0.4, -0.2) is 75.5 Å². The molecular formula is C46H75NO7. The predicted octanol–water partition coefficient (Wildman–Crippen LogP) is 9.63. The van der Waals surface area contributed by atoms with E-state index in [1.807, 2.05) is 0 Å². The minimum Gasteiger partial charge on any atom is -0.544 e. The Kier molecular flexibility index (Phi) is 34.1. The molecule has 0 saturated carbocycles. The van der Waals surface area contributed by atoms with Crippen LogP contribution in [0.15, 0.2) is 85.1 Å². The number of aliphatic carboxylic acids is 1. The number of carboxylic acid groups (broad SMARTS) is 1. The topological polar surface area (TPSA) is 102 Å². The van der Waals surface area contributed by atoms with Gasteiger partial charge in [-0.05, 0) is 77.0 Å². The third kappa shape index (κ3) is 34.3. The van der Waals surface area contributed by atoms with Crippen molar-refractivity contribution in [2.24, 2.45) is 0 Å². The number of allylic oxidation sites excluding steroid dienone is 14. The van der Waals surface area contributed by atoms with Crippen molar-refractivity contribution in [1.82, 2.24) is 0 Å². The van der Waals surface area contributed by atoms with Crippen LogP contribution in [0.4, 0.5) is 0 Å². The average Bonchev–Trinajstić information content (AvgIpc) is 3.12. The van der Waals surface area contributed by atoms with Crippen molar-refractivity contribution in [1.29, 1.82) is 0 Å². The summed E-state index contributed by atoms with van der Waals surface area (Å²) in [5.74, 6) is -1.84. The van der Waals surface area contributed by atoms with E-state index < -0.39 is 18.1 Å². The molecule has 0 aliphatic heterocycles. The second-order valence-corrected chi connectivity index (χ2v) is 14.5. The van der Waals surface area contributed by atoms with Crippen molar-refractivity contribution in [3.63, 3.8) is 0 Å². The van der Waals surface area contributed by atoms with E-state index >= 15 is 0 Å². The van der Waals surface area contributed by atoms with Gasteiger partial charge in [0.25, 0.3) is 0 Å². The van der Waals surface area contributed by atoms with Crippen LogP contribution in [0.2, 0.25) is 0 Å². The zero-order valence-electron chi connectivity index (χ0n) is 34.6. The number of rotatable bonds is 35. The first-order chi connectivity index (χ1) is 26.1. The van der Waals surface area contributed by atoms with Crippen molar-refractivity contribution in [2.45, 2.75) is 148 Å². The molecule has 2 atom stereocenters. The molecule has 0 saturated heterocycles. The summed E-state index contributed by atoms with van der Waals surface area (Å²) in [4.78, 5) is 36.7. The number of nitrogens with zero attached hydrogens (tertiary/aromatic N) is 1. The molecule has 0 bridgehead atoms. The second kappa shape index (κ2) is 36.5. The largest absolute Gasteiger partial charge is 0.544 e. The van der Waals surface area contributed by atoms with Gasteiger partial charge in [-0.2, -0.15) is 0 Å². The van der Waals surface area contributed by atoms with Crippen LogP contribution in [0.1, 0.15) is 136 Å². The number of quaternary nitrogens is 1. The molecule has 0 fully saturated rings. The summed E-state index contributed by atoms with van der Waals surface area (Å²) >= 11 is 0. The molecule has 2 unspecified atom stereocenters. The summed E-state index contributed by atoms with van der Waals surface area (Å²) in [6.45, 7) is 4.33. The first-order valence-electron chi connectivity index (χ1n) is 20.6. The number of carbonyl (C=O) groups is 3. The molecule has 8 nitrogen and oxygen atoms in total. The molecule has 0 heterocycles. The number of esters is 2. The maximum Gasteiger partial charge on any atom is 0.306 e. The first kappa shape index (κ1) is 50.5. The van der Waals surface area contributed by atoms with E-state index in [2.05, 4.69) is 98.9 Å². The Morgan fingerprint density at radius 2 is 1.00 bits per heavy atom. The second-order valence-electron chi connectivity index (χ2n) is 14.5. The molecule has 0 aliphatic rings. The van der Waals surface area contributed by atoms with Crippen LogP contribution < -0.4 is 5.11 Å². The molecule has 0 rings (SSSR count). The molecule has 0 N–H and O–H groups in total. The van der Waals surface area contributed by atoms with Crippen molar-refractivity contribution >= 4 is 17.9 Å².